The van der Waals surface area contributed by atoms with Crippen LogP contribution < -0.4 is 5.32 Å². The molecule has 16 heavy (non-hydrogen) atoms. The van der Waals surface area contributed by atoms with Crippen LogP contribution in [0, 0.1) is 5.82 Å². The van der Waals surface area contributed by atoms with Crippen molar-refractivity contribution in [2.45, 2.75) is 19.4 Å². The van der Waals surface area contributed by atoms with Crippen LogP contribution in [0.15, 0.2) is 18.2 Å². The Hall–Kier alpha value is -1.42. The lowest BCUT2D eigenvalue weighted by Gasteiger charge is -2.23. The number of rotatable bonds is 2. The Morgan fingerprint density at radius 3 is 2.62 bits per heavy atom. The summed E-state index contributed by atoms with van der Waals surface area (Å²) in [5.41, 5.74) is 0.974. The average molecular weight is 221 g/mol. The second-order valence-corrected chi connectivity index (χ2v) is 4.48. The summed E-state index contributed by atoms with van der Waals surface area (Å²) < 4.78 is 15.5. The van der Waals surface area contributed by atoms with Crippen LogP contribution in [0.2, 0.25) is 0 Å². The minimum atomic E-state index is -0.278. The van der Waals surface area contributed by atoms with Crippen LogP contribution in [0.4, 0.5) is 4.39 Å². The maximum absolute atomic E-state index is 13.6. The van der Waals surface area contributed by atoms with Crippen molar-refractivity contribution in [2.24, 2.45) is 7.05 Å². The summed E-state index contributed by atoms with van der Waals surface area (Å²) in [6, 6.07) is 5.02. The molecule has 0 atom stereocenters. The smallest absolute Gasteiger partial charge is 0.151 e. The highest BCUT2D eigenvalue weighted by Gasteiger charge is 2.25. The largest absolute Gasteiger partial charge is 0.329 e. The van der Waals surface area contributed by atoms with Crippen molar-refractivity contribution in [1.29, 1.82) is 0 Å². The highest BCUT2D eigenvalue weighted by molar-refractivity contribution is 5.76. The van der Waals surface area contributed by atoms with Crippen molar-refractivity contribution < 1.29 is 4.39 Å². The van der Waals surface area contributed by atoms with E-state index in [1.165, 1.54) is 6.07 Å². The fourth-order valence-corrected chi connectivity index (χ4v) is 1.85. The molecule has 4 heteroatoms. The number of para-hydroxylation sites is 1. The number of benzene rings is 1. The molecule has 0 spiro atoms. The highest BCUT2D eigenvalue weighted by Crippen LogP contribution is 2.24. The van der Waals surface area contributed by atoms with Gasteiger partial charge in [0, 0.05) is 7.05 Å². The van der Waals surface area contributed by atoms with Gasteiger partial charge in [-0.15, -0.1) is 0 Å². The van der Waals surface area contributed by atoms with Gasteiger partial charge in [0.05, 0.1) is 11.1 Å². The molecule has 1 heterocycles. The third kappa shape index (κ3) is 1.50. The first-order valence-electron chi connectivity index (χ1n) is 5.27. The van der Waals surface area contributed by atoms with E-state index in [9.17, 15) is 4.39 Å². The van der Waals surface area contributed by atoms with Gasteiger partial charge in [-0.2, -0.15) is 0 Å². The van der Waals surface area contributed by atoms with Gasteiger partial charge in [0.15, 0.2) is 5.82 Å². The molecule has 1 N–H and O–H groups in total. The molecule has 86 valence electrons. The number of hydrogen-bond acceptors (Lipinski definition) is 2. The molecule has 0 bridgehead atoms. The number of imidazole rings is 1. The first-order chi connectivity index (χ1) is 7.47. The standard InChI is InChI=1S/C12H16FN3/c1-12(2,14-3)11-15-10-8(13)6-5-7-9(10)16(11)4/h5-7,14H,1-4H3. The van der Waals surface area contributed by atoms with E-state index in [1.54, 1.807) is 6.07 Å². The van der Waals surface area contributed by atoms with E-state index in [-0.39, 0.29) is 11.4 Å². The number of aryl methyl sites for hydroxylation is 1. The third-order valence-corrected chi connectivity index (χ3v) is 3.05. The second kappa shape index (κ2) is 3.56. The molecule has 0 unspecified atom stereocenters. The van der Waals surface area contributed by atoms with Crippen molar-refractivity contribution in [2.75, 3.05) is 7.05 Å². The number of nitrogens with one attached hydrogen (secondary N) is 1. The Morgan fingerprint density at radius 2 is 2.06 bits per heavy atom. The molecule has 2 aromatic rings. The van der Waals surface area contributed by atoms with Crippen molar-refractivity contribution in [3.05, 3.63) is 29.8 Å². The lowest BCUT2D eigenvalue weighted by molar-refractivity contribution is 0.406. The van der Waals surface area contributed by atoms with Crippen molar-refractivity contribution >= 4 is 11.0 Å². The minimum Gasteiger partial charge on any atom is -0.329 e. The second-order valence-electron chi connectivity index (χ2n) is 4.48. The Labute approximate surface area is 94.3 Å². The van der Waals surface area contributed by atoms with E-state index in [1.807, 2.05) is 38.6 Å². The van der Waals surface area contributed by atoms with E-state index in [0.717, 1.165) is 11.3 Å². The molecule has 1 aromatic heterocycles. The Bertz CT molecular complexity index is 528. The summed E-state index contributed by atoms with van der Waals surface area (Å²) in [4.78, 5) is 4.38. The van der Waals surface area contributed by atoms with Gasteiger partial charge < -0.3 is 9.88 Å². The van der Waals surface area contributed by atoms with Crippen LogP contribution in [-0.4, -0.2) is 16.6 Å². The van der Waals surface area contributed by atoms with Gasteiger partial charge in [-0.3, -0.25) is 0 Å². The quantitative estimate of drug-likeness (QED) is 0.842. The molecule has 2 rings (SSSR count). The summed E-state index contributed by atoms with van der Waals surface area (Å²) in [5, 5.41) is 3.17. The van der Waals surface area contributed by atoms with Crippen molar-refractivity contribution in [1.82, 2.24) is 14.9 Å². The Kier molecular flexibility index (Phi) is 2.46. The number of aromatic nitrogens is 2. The van der Waals surface area contributed by atoms with Gasteiger partial charge >= 0.3 is 0 Å². The lowest BCUT2D eigenvalue weighted by atomic mass is 10.1. The molecule has 1 aromatic carbocycles. The van der Waals surface area contributed by atoms with Crippen LogP contribution in [-0.2, 0) is 12.6 Å². The fraction of sp³-hybridized carbons (Fsp3) is 0.417. The molecule has 0 aliphatic rings. The molecule has 0 aliphatic carbocycles. The molecule has 0 fully saturated rings. The van der Waals surface area contributed by atoms with Gasteiger partial charge in [-0.25, -0.2) is 9.37 Å². The Balaban J connectivity index is 2.74. The minimum absolute atomic E-state index is 0.272. The molecular weight excluding hydrogens is 205 g/mol. The predicted octanol–water partition coefficient (Wildman–Crippen LogP) is 2.17. The first-order valence-corrected chi connectivity index (χ1v) is 5.27. The van der Waals surface area contributed by atoms with Crippen LogP contribution in [0.25, 0.3) is 11.0 Å². The predicted molar refractivity (Wildman–Crippen MR) is 62.8 cm³/mol. The maximum atomic E-state index is 13.6. The number of nitrogens with zero attached hydrogens (tertiary/aromatic N) is 2. The molecule has 3 nitrogen and oxygen atoms in total. The summed E-state index contributed by atoms with van der Waals surface area (Å²) in [6.07, 6.45) is 0. The zero-order valence-corrected chi connectivity index (χ0v) is 10.0. The van der Waals surface area contributed by atoms with Crippen molar-refractivity contribution in [3.8, 4) is 0 Å². The van der Waals surface area contributed by atoms with Gasteiger partial charge in [-0.1, -0.05) is 6.07 Å². The summed E-state index contributed by atoms with van der Waals surface area (Å²) in [7, 11) is 3.78. The lowest BCUT2D eigenvalue weighted by Crippen LogP contribution is -2.35. The number of hydrogen-bond donors (Lipinski definition) is 1. The van der Waals surface area contributed by atoms with Crippen molar-refractivity contribution in [3.63, 3.8) is 0 Å². The summed E-state index contributed by atoms with van der Waals surface area (Å²) in [5.74, 6) is 0.557. The molecular formula is C12H16FN3. The Morgan fingerprint density at radius 1 is 1.38 bits per heavy atom. The van der Waals surface area contributed by atoms with Crippen LogP contribution >= 0.6 is 0 Å². The average Bonchev–Trinajstić information content (AvgIpc) is 2.59. The van der Waals surface area contributed by atoms with Gasteiger partial charge in [0.25, 0.3) is 0 Å². The third-order valence-electron chi connectivity index (χ3n) is 3.05. The van der Waals surface area contributed by atoms with E-state index in [4.69, 9.17) is 0 Å². The normalized spacial score (nSPS) is 12.3. The highest BCUT2D eigenvalue weighted by atomic mass is 19.1. The molecule has 0 saturated carbocycles. The molecule has 0 radical (unpaired) electrons. The van der Waals surface area contributed by atoms with E-state index < -0.39 is 0 Å². The fourth-order valence-electron chi connectivity index (χ4n) is 1.85. The van der Waals surface area contributed by atoms with E-state index in [0.29, 0.717) is 5.52 Å². The van der Waals surface area contributed by atoms with Crippen LogP contribution in [0.5, 0.6) is 0 Å². The van der Waals surface area contributed by atoms with Gasteiger partial charge in [0.1, 0.15) is 11.3 Å². The maximum Gasteiger partial charge on any atom is 0.151 e. The SMILES string of the molecule is CNC(C)(C)c1nc2c(F)cccc2n1C. The summed E-state index contributed by atoms with van der Waals surface area (Å²) >= 11 is 0. The summed E-state index contributed by atoms with van der Waals surface area (Å²) in [6.45, 7) is 4.04. The monoisotopic (exact) mass is 221 g/mol. The molecule has 0 aliphatic heterocycles. The molecule has 0 saturated heterocycles. The van der Waals surface area contributed by atoms with E-state index in [2.05, 4.69) is 10.3 Å². The number of halogens is 1. The first kappa shape index (κ1) is 11.1. The van der Waals surface area contributed by atoms with Crippen LogP contribution in [0.3, 0.4) is 0 Å². The zero-order valence-electron chi connectivity index (χ0n) is 10.0. The zero-order chi connectivity index (χ0) is 11.9. The number of fused-ring (bicyclic) bond motifs is 1. The van der Waals surface area contributed by atoms with Gasteiger partial charge in [-0.05, 0) is 33.0 Å². The van der Waals surface area contributed by atoms with Gasteiger partial charge in [0.2, 0.25) is 0 Å². The van der Waals surface area contributed by atoms with E-state index >= 15 is 0 Å². The molecule has 0 amide bonds. The topological polar surface area (TPSA) is 29.9 Å². The van der Waals surface area contributed by atoms with Crippen LogP contribution in [0.1, 0.15) is 19.7 Å².